The van der Waals surface area contributed by atoms with Crippen LogP contribution in [0.15, 0.2) is 23.6 Å². The fourth-order valence-electron chi connectivity index (χ4n) is 1.52. The average molecular weight is 271 g/mol. The van der Waals surface area contributed by atoms with Gasteiger partial charge in [0.15, 0.2) is 0 Å². The molecule has 0 aromatic carbocycles. The van der Waals surface area contributed by atoms with E-state index < -0.39 is 0 Å². The maximum absolute atomic E-state index is 11.9. The van der Waals surface area contributed by atoms with Crippen molar-refractivity contribution in [1.29, 1.82) is 0 Å². The Morgan fingerprint density at radius 3 is 2.83 bits per heavy atom. The first-order valence-corrected chi connectivity index (χ1v) is 6.22. The summed E-state index contributed by atoms with van der Waals surface area (Å²) in [7, 11) is 0. The fourth-order valence-corrected chi connectivity index (χ4v) is 1.72. The Balaban J connectivity index is 3.01. The van der Waals surface area contributed by atoms with Gasteiger partial charge in [-0.1, -0.05) is 31.5 Å². The largest absolute Gasteiger partial charge is 0.378 e. The van der Waals surface area contributed by atoms with E-state index in [2.05, 4.69) is 17.0 Å². The summed E-state index contributed by atoms with van der Waals surface area (Å²) in [5, 5.41) is 7.30. The quantitative estimate of drug-likeness (QED) is 0.768. The number of hydrogen-bond donors (Lipinski definition) is 2. The number of nitrogens with zero attached hydrogens (tertiary/aromatic N) is 2. The summed E-state index contributed by atoms with van der Waals surface area (Å²) in [5.74, 6) is 0.335. The van der Waals surface area contributed by atoms with Gasteiger partial charge in [-0.3, -0.25) is 4.79 Å². The molecule has 6 heteroatoms. The molecule has 1 heterocycles. The van der Waals surface area contributed by atoms with Crippen LogP contribution in [0.1, 0.15) is 13.8 Å². The second-order valence-electron chi connectivity index (χ2n) is 4.38. The molecule has 0 bridgehead atoms. The van der Waals surface area contributed by atoms with Gasteiger partial charge in [0.2, 0.25) is 0 Å². The van der Waals surface area contributed by atoms with E-state index in [-0.39, 0.29) is 16.6 Å². The molecule has 1 atom stereocenters. The number of aromatic nitrogens is 2. The molecular weight excluding hydrogens is 252 g/mol. The molecule has 0 spiro atoms. The maximum atomic E-state index is 11.9. The van der Waals surface area contributed by atoms with Gasteiger partial charge in [-0.2, -0.15) is 5.10 Å². The first-order valence-electron chi connectivity index (χ1n) is 5.84. The van der Waals surface area contributed by atoms with E-state index in [0.29, 0.717) is 24.7 Å². The summed E-state index contributed by atoms with van der Waals surface area (Å²) in [6.07, 6.45) is 3.13. The maximum Gasteiger partial charge on any atom is 0.287 e. The van der Waals surface area contributed by atoms with Crippen LogP contribution in [-0.4, -0.2) is 22.4 Å². The molecule has 3 N–H and O–H groups in total. The molecule has 1 aromatic heterocycles. The summed E-state index contributed by atoms with van der Waals surface area (Å²) in [5.41, 5.74) is 5.85. The van der Waals surface area contributed by atoms with Gasteiger partial charge in [0.25, 0.3) is 5.56 Å². The molecule has 5 nitrogen and oxygen atoms in total. The van der Waals surface area contributed by atoms with Crippen molar-refractivity contribution < 1.29 is 0 Å². The number of nitrogens with two attached hydrogens (primary N) is 1. The number of hydrogen-bond acceptors (Lipinski definition) is 4. The van der Waals surface area contributed by atoms with E-state index in [9.17, 15) is 4.79 Å². The highest BCUT2D eigenvalue weighted by Crippen LogP contribution is 2.18. The van der Waals surface area contributed by atoms with Crippen LogP contribution in [0.4, 0.5) is 5.69 Å². The second-order valence-corrected chi connectivity index (χ2v) is 4.76. The molecule has 1 aromatic rings. The highest BCUT2D eigenvalue weighted by Gasteiger charge is 2.15. The summed E-state index contributed by atoms with van der Waals surface area (Å²) in [4.78, 5) is 11.9. The minimum atomic E-state index is -0.332. The molecule has 0 aliphatic rings. The molecule has 0 amide bonds. The summed E-state index contributed by atoms with van der Waals surface area (Å²) in [6.45, 7) is 8.45. The van der Waals surface area contributed by atoms with E-state index in [0.717, 1.165) is 0 Å². The van der Waals surface area contributed by atoms with Crippen molar-refractivity contribution in [3.8, 4) is 0 Å². The van der Waals surface area contributed by atoms with Gasteiger partial charge in [-0.05, 0) is 5.92 Å². The molecule has 1 unspecified atom stereocenters. The predicted molar refractivity (Wildman–Crippen MR) is 75.0 cm³/mol. The van der Waals surface area contributed by atoms with Crippen LogP contribution in [0, 0.1) is 5.92 Å². The lowest BCUT2D eigenvalue weighted by Crippen LogP contribution is -2.35. The molecule has 18 heavy (non-hydrogen) atoms. The van der Waals surface area contributed by atoms with Crippen molar-refractivity contribution in [2.45, 2.75) is 26.4 Å². The Bertz CT molecular complexity index is 470. The zero-order chi connectivity index (χ0) is 13.7. The molecule has 0 radical (unpaired) electrons. The molecule has 0 fully saturated rings. The number of rotatable bonds is 6. The zero-order valence-corrected chi connectivity index (χ0v) is 11.4. The lowest BCUT2D eigenvalue weighted by molar-refractivity contribution is 0.530. The number of allylic oxidation sites excluding steroid dienone is 1. The highest BCUT2D eigenvalue weighted by molar-refractivity contribution is 6.32. The molecule has 1 rings (SSSR count). The van der Waals surface area contributed by atoms with Gasteiger partial charge in [0.1, 0.15) is 5.02 Å². The lowest BCUT2D eigenvalue weighted by Gasteiger charge is -2.22. The second kappa shape index (κ2) is 6.56. The Labute approximate surface area is 112 Å². The minimum absolute atomic E-state index is 0.0546. The first-order chi connectivity index (χ1) is 8.51. The predicted octanol–water partition coefficient (Wildman–Crippen LogP) is 1.48. The molecule has 0 saturated heterocycles. The van der Waals surface area contributed by atoms with E-state index in [4.69, 9.17) is 17.3 Å². The number of anilines is 1. The van der Waals surface area contributed by atoms with Gasteiger partial charge in [0, 0.05) is 12.6 Å². The third-order valence-electron chi connectivity index (χ3n) is 2.69. The van der Waals surface area contributed by atoms with E-state index in [1.807, 2.05) is 13.8 Å². The van der Waals surface area contributed by atoms with Crippen LogP contribution < -0.4 is 16.6 Å². The summed E-state index contributed by atoms with van der Waals surface area (Å²) < 4.78 is 1.26. The Kier molecular flexibility index (Phi) is 5.37. The lowest BCUT2D eigenvalue weighted by atomic mass is 10.0. The van der Waals surface area contributed by atoms with Gasteiger partial charge in [-0.15, -0.1) is 6.58 Å². The minimum Gasteiger partial charge on any atom is -0.378 e. The Morgan fingerprint density at radius 1 is 1.67 bits per heavy atom. The normalized spacial score (nSPS) is 12.5. The van der Waals surface area contributed by atoms with Crippen molar-refractivity contribution in [2.75, 3.05) is 11.9 Å². The van der Waals surface area contributed by atoms with Crippen molar-refractivity contribution in [2.24, 2.45) is 11.7 Å². The monoisotopic (exact) mass is 270 g/mol. The zero-order valence-electron chi connectivity index (χ0n) is 10.7. The van der Waals surface area contributed by atoms with Crippen LogP contribution in [-0.2, 0) is 6.54 Å². The Morgan fingerprint density at radius 2 is 2.33 bits per heavy atom. The molecule has 100 valence electrons. The third-order valence-corrected chi connectivity index (χ3v) is 3.05. The summed E-state index contributed by atoms with van der Waals surface area (Å²) >= 11 is 6.03. The molecular formula is C12H19ClN4O. The standard InChI is InChI=1S/C12H19ClN4O/c1-4-5-17-12(18)11(13)10(7-15-17)16-9(6-14)8(2)3/h4,7-9,16H,1,5-6,14H2,2-3H3. The van der Waals surface area contributed by atoms with Crippen LogP contribution in [0.5, 0.6) is 0 Å². The Hall–Kier alpha value is -1.33. The van der Waals surface area contributed by atoms with E-state index in [1.165, 1.54) is 10.9 Å². The number of halogens is 1. The topological polar surface area (TPSA) is 72.9 Å². The molecule has 0 aliphatic heterocycles. The van der Waals surface area contributed by atoms with Crippen LogP contribution in [0.25, 0.3) is 0 Å². The van der Waals surface area contributed by atoms with Gasteiger partial charge in [-0.25, -0.2) is 4.68 Å². The van der Waals surface area contributed by atoms with Crippen LogP contribution in [0.2, 0.25) is 5.02 Å². The number of nitrogens with one attached hydrogen (secondary N) is 1. The van der Waals surface area contributed by atoms with E-state index >= 15 is 0 Å². The van der Waals surface area contributed by atoms with Gasteiger partial charge in [0.05, 0.1) is 18.4 Å². The smallest absolute Gasteiger partial charge is 0.287 e. The SMILES string of the molecule is C=CCn1ncc(NC(CN)C(C)C)c(Cl)c1=O. The van der Waals surface area contributed by atoms with Gasteiger partial charge < -0.3 is 11.1 Å². The van der Waals surface area contributed by atoms with Crippen molar-refractivity contribution in [1.82, 2.24) is 9.78 Å². The third kappa shape index (κ3) is 3.34. The van der Waals surface area contributed by atoms with Gasteiger partial charge >= 0.3 is 0 Å². The average Bonchev–Trinajstić information content (AvgIpc) is 2.34. The molecule has 0 saturated carbocycles. The van der Waals surface area contributed by atoms with Crippen LogP contribution >= 0.6 is 11.6 Å². The fraction of sp³-hybridized carbons (Fsp3) is 0.500. The highest BCUT2D eigenvalue weighted by atomic mass is 35.5. The summed E-state index contributed by atoms with van der Waals surface area (Å²) in [6, 6.07) is 0.0546. The first kappa shape index (κ1) is 14.7. The van der Waals surface area contributed by atoms with E-state index in [1.54, 1.807) is 6.08 Å². The van der Waals surface area contributed by atoms with Crippen LogP contribution in [0.3, 0.4) is 0 Å². The van der Waals surface area contributed by atoms with Crippen molar-refractivity contribution in [3.63, 3.8) is 0 Å². The molecule has 0 aliphatic carbocycles. The van der Waals surface area contributed by atoms with Crippen molar-refractivity contribution in [3.05, 3.63) is 34.2 Å². The van der Waals surface area contributed by atoms with Crippen molar-refractivity contribution >= 4 is 17.3 Å².